The fourth-order valence-electron chi connectivity index (χ4n) is 2.36. The molecule has 0 aliphatic carbocycles. The van der Waals surface area contributed by atoms with E-state index in [4.69, 9.17) is 4.74 Å². The molecule has 19 heavy (non-hydrogen) atoms. The van der Waals surface area contributed by atoms with Crippen molar-refractivity contribution >= 4 is 11.9 Å². The number of carbonyl (C=O) groups excluding carboxylic acids is 2. The van der Waals surface area contributed by atoms with Crippen LogP contribution in [0.25, 0.3) is 0 Å². The second-order valence-electron chi connectivity index (χ2n) is 4.63. The van der Waals surface area contributed by atoms with Crippen LogP contribution in [0.4, 0.5) is 4.79 Å². The van der Waals surface area contributed by atoms with E-state index in [2.05, 4.69) is 10.9 Å². The smallest absolute Gasteiger partial charge is 0.344 e. The molecule has 3 amide bonds. The Morgan fingerprint density at radius 3 is 3.00 bits per heavy atom. The molecule has 9 nitrogen and oxygen atoms in total. The Hall–Kier alpha value is -1.42. The number of hydroxylamine groups is 2. The second kappa shape index (κ2) is 5.70. The van der Waals surface area contributed by atoms with E-state index in [1.54, 1.807) is 0 Å². The number of piperidine rings is 1. The van der Waals surface area contributed by atoms with Crippen LogP contribution in [0.2, 0.25) is 0 Å². The van der Waals surface area contributed by atoms with E-state index in [9.17, 15) is 19.9 Å². The molecule has 3 unspecified atom stereocenters. The number of aliphatic hydroxyl groups is 1. The zero-order valence-corrected chi connectivity index (χ0v) is 10.6. The summed E-state index contributed by atoms with van der Waals surface area (Å²) in [6.07, 6.45) is 0.0210. The molecule has 2 aliphatic heterocycles. The molecule has 2 aliphatic rings. The number of rotatable bonds is 5. The molecule has 2 fully saturated rings. The zero-order valence-electron chi connectivity index (χ0n) is 10.6. The van der Waals surface area contributed by atoms with Gasteiger partial charge in [-0.25, -0.2) is 15.3 Å². The first-order valence-electron chi connectivity index (χ1n) is 6.05. The van der Waals surface area contributed by atoms with Crippen molar-refractivity contribution in [2.75, 3.05) is 20.3 Å². The van der Waals surface area contributed by atoms with Gasteiger partial charge in [0.05, 0.1) is 12.6 Å². The minimum absolute atomic E-state index is 0.0279. The van der Waals surface area contributed by atoms with Gasteiger partial charge in [-0.1, -0.05) is 0 Å². The molecule has 0 aromatic carbocycles. The average molecular weight is 274 g/mol. The molecule has 0 aromatic rings. The lowest BCUT2D eigenvalue weighted by molar-refractivity contribution is -0.128. The third-order valence-corrected chi connectivity index (χ3v) is 3.33. The SMILES string of the molecule is COCC(O)NNC(=O)C1CCC2CN1C(=O)N2O. The van der Waals surface area contributed by atoms with Crippen molar-refractivity contribution in [2.24, 2.45) is 0 Å². The molecule has 0 radical (unpaired) electrons. The van der Waals surface area contributed by atoms with Gasteiger partial charge in [0.2, 0.25) is 0 Å². The van der Waals surface area contributed by atoms with Gasteiger partial charge < -0.3 is 14.7 Å². The van der Waals surface area contributed by atoms with Gasteiger partial charge in [0.25, 0.3) is 5.91 Å². The lowest BCUT2D eigenvalue weighted by atomic mass is 10.0. The number of methoxy groups -OCH3 is 1. The maximum atomic E-state index is 11.9. The molecule has 9 heteroatoms. The summed E-state index contributed by atoms with van der Waals surface area (Å²) in [5, 5.41) is 19.5. The number of hydrazine groups is 1. The minimum Gasteiger partial charge on any atom is -0.381 e. The maximum Gasteiger partial charge on any atom is 0.344 e. The standard InChI is InChI=1S/C10H18N4O5/c1-19-5-8(15)11-12-9(16)7-3-2-6-4-13(7)10(17)14(6)18/h6-8,11,15,18H,2-5H2,1H3,(H,12,16). The highest BCUT2D eigenvalue weighted by Gasteiger charge is 2.46. The first-order chi connectivity index (χ1) is 9.04. The summed E-state index contributed by atoms with van der Waals surface area (Å²) >= 11 is 0. The number of hydrogen-bond acceptors (Lipinski definition) is 6. The van der Waals surface area contributed by atoms with Crippen LogP contribution in [0.15, 0.2) is 0 Å². The van der Waals surface area contributed by atoms with Crippen molar-refractivity contribution in [3.05, 3.63) is 0 Å². The van der Waals surface area contributed by atoms with Crippen LogP contribution in [0.5, 0.6) is 0 Å². The van der Waals surface area contributed by atoms with Crippen LogP contribution in [-0.4, -0.2) is 70.8 Å². The van der Waals surface area contributed by atoms with Gasteiger partial charge in [-0.05, 0) is 12.8 Å². The zero-order chi connectivity index (χ0) is 14.0. The van der Waals surface area contributed by atoms with Gasteiger partial charge in [-0.15, -0.1) is 0 Å². The summed E-state index contributed by atoms with van der Waals surface area (Å²) in [4.78, 5) is 24.9. The van der Waals surface area contributed by atoms with Crippen LogP contribution in [-0.2, 0) is 9.53 Å². The lowest BCUT2D eigenvalue weighted by Crippen LogP contribution is -2.55. The van der Waals surface area contributed by atoms with E-state index in [1.165, 1.54) is 12.0 Å². The Morgan fingerprint density at radius 1 is 1.58 bits per heavy atom. The van der Waals surface area contributed by atoms with E-state index < -0.39 is 24.2 Å². The van der Waals surface area contributed by atoms with Crippen LogP contribution in [0, 0.1) is 0 Å². The molecule has 108 valence electrons. The lowest BCUT2D eigenvalue weighted by Gasteiger charge is -2.29. The van der Waals surface area contributed by atoms with E-state index in [0.29, 0.717) is 24.4 Å². The number of ether oxygens (including phenoxy) is 1. The Labute approximate surface area is 110 Å². The highest BCUT2D eigenvalue weighted by Crippen LogP contribution is 2.28. The molecule has 2 heterocycles. The predicted octanol–water partition coefficient (Wildman–Crippen LogP) is -1.77. The molecule has 0 aromatic heterocycles. The van der Waals surface area contributed by atoms with Gasteiger partial charge >= 0.3 is 6.03 Å². The first kappa shape index (κ1) is 14.0. The van der Waals surface area contributed by atoms with Gasteiger partial charge in [0.15, 0.2) is 0 Å². The Morgan fingerprint density at radius 2 is 2.32 bits per heavy atom. The normalized spacial score (nSPS) is 27.6. The maximum absolute atomic E-state index is 11.9. The van der Waals surface area contributed by atoms with Crippen molar-refractivity contribution in [1.82, 2.24) is 20.8 Å². The quantitative estimate of drug-likeness (QED) is 0.268. The summed E-state index contributed by atoms with van der Waals surface area (Å²) in [7, 11) is 1.42. The van der Waals surface area contributed by atoms with Crippen LogP contribution in [0.1, 0.15) is 12.8 Å². The molecule has 2 bridgehead atoms. The van der Waals surface area contributed by atoms with E-state index >= 15 is 0 Å². The Kier molecular flexibility index (Phi) is 4.20. The third-order valence-electron chi connectivity index (χ3n) is 3.33. The number of nitrogens with one attached hydrogen (secondary N) is 2. The molecule has 0 saturated carbocycles. The van der Waals surface area contributed by atoms with Gasteiger partial charge in [0, 0.05) is 13.7 Å². The van der Waals surface area contributed by atoms with E-state index in [-0.39, 0.29) is 12.6 Å². The summed E-state index contributed by atoms with van der Waals surface area (Å²) in [5.74, 6) is -0.419. The highest BCUT2D eigenvalue weighted by molar-refractivity contribution is 5.88. The molecular formula is C10H18N4O5. The fourth-order valence-corrected chi connectivity index (χ4v) is 2.36. The molecular weight excluding hydrogens is 256 g/mol. The average Bonchev–Trinajstić information content (AvgIpc) is 2.62. The van der Waals surface area contributed by atoms with Crippen molar-refractivity contribution in [3.63, 3.8) is 0 Å². The molecule has 4 N–H and O–H groups in total. The van der Waals surface area contributed by atoms with Crippen molar-refractivity contribution in [3.8, 4) is 0 Å². The number of fused-ring (bicyclic) bond motifs is 2. The summed E-state index contributed by atoms with van der Waals surface area (Å²) in [6, 6.07) is -1.42. The summed E-state index contributed by atoms with van der Waals surface area (Å²) in [5.41, 5.74) is 4.72. The number of aliphatic hydroxyl groups excluding tert-OH is 1. The van der Waals surface area contributed by atoms with E-state index in [0.717, 1.165) is 0 Å². The van der Waals surface area contributed by atoms with Crippen LogP contribution in [0.3, 0.4) is 0 Å². The topological polar surface area (TPSA) is 114 Å². The van der Waals surface area contributed by atoms with Crippen molar-refractivity contribution < 1.29 is 24.6 Å². The van der Waals surface area contributed by atoms with Crippen LogP contribution < -0.4 is 10.9 Å². The number of amides is 3. The largest absolute Gasteiger partial charge is 0.381 e. The number of carbonyl (C=O) groups is 2. The number of hydrogen-bond donors (Lipinski definition) is 4. The molecule has 0 spiro atoms. The third kappa shape index (κ3) is 2.78. The second-order valence-corrected chi connectivity index (χ2v) is 4.63. The summed E-state index contributed by atoms with van der Waals surface area (Å²) < 4.78 is 4.69. The minimum atomic E-state index is -1.02. The fraction of sp³-hybridized carbons (Fsp3) is 0.800. The first-order valence-corrected chi connectivity index (χ1v) is 6.05. The predicted molar refractivity (Wildman–Crippen MR) is 61.7 cm³/mol. The highest BCUT2D eigenvalue weighted by atomic mass is 16.5. The molecule has 2 saturated heterocycles. The number of nitrogens with zero attached hydrogens (tertiary/aromatic N) is 2. The monoisotopic (exact) mass is 274 g/mol. The van der Waals surface area contributed by atoms with Gasteiger partial charge in [-0.3, -0.25) is 15.4 Å². The van der Waals surface area contributed by atoms with Gasteiger partial charge in [-0.2, -0.15) is 0 Å². The van der Waals surface area contributed by atoms with Gasteiger partial charge in [0.1, 0.15) is 12.3 Å². The van der Waals surface area contributed by atoms with E-state index in [1.807, 2.05) is 0 Å². The number of urea groups is 1. The summed E-state index contributed by atoms with van der Waals surface area (Å²) in [6.45, 7) is 0.369. The van der Waals surface area contributed by atoms with Crippen LogP contribution >= 0.6 is 0 Å². The Balaban J connectivity index is 1.88. The Bertz CT molecular complexity index is 366. The van der Waals surface area contributed by atoms with Crippen molar-refractivity contribution in [2.45, 2.75) is 31.2 Å². The van der Waals surface area contributed by atoms with Crippen molar-refractivity contribution in [1.29, 1.82) is 0 Å². The molecule has 2 rings (SSSR count). The molecule has 3 atom stereocenters.